The fourth-order valence-corrected chi connectivity index (χ4v) is 2.85. The number of likely N-dealkylation sites (tertiary alicyclic amines) is 1. The molecule has 5 heteroatoms. The molecular formula is C14H18N2O2S. The standard InChI is InChI=1S/C14H18N2O2S/c1-16-8-6-11(7-9-16)15-14(18)13-5-4-12(19-13)3-2-10-17/h4-5,11,17H,6-10H2,1H3,(H,15,18). The molecule has 0 aromatic carbocycles. The molecule has 0 saturated carbocycles. The average Bonchev–Trinajstić information content (AvgIpc) is 2.88. The molecule has 0 bridgehead atoms. The number of nitrogens with one attached hydrogen (secondary N) is 1. The molecule has 1 fully saturated rings. The van der Waals surface area contributed by atoms with Crippen LogP contribution in [0.3, 0.4) is 0 Å². The fraction of sp³-hybridized carbons (Fsp3) is 0.500. The summed E-state index contributed by atoms with van der Waals surface area (Å²) >= 11 is 1.36. The highest BCUT2D eigenvalue weighted by molar-refractivity contribution is 7.14. The van der Waals surface area contributed by atoms with Gasteiger partial charge >= 0.3 is 0 Å². The van der Waals surface area contributed by atoms with Gasteiger partial charge in [0.2, 0.25) is 0 Å². The molecule has 4 nitrogen and oxygen atoms in total. The Hall–Kier alpha value is -1.35. The van der Waals surface area contributed by atoms with Crippen LogP contribution >= 0.6 is 11.3 Å². The van der Waals surface area contributed by atoms with Crippen LogP contribution in [-0.2, 0) is 0 Å². The minimum atomic E-state index is -0.158. The Morgan fingerprint density at radius 1 is 1.53 bits per heavy atom. The number of amides is 1. The van der Waals surface area contributed by atoms with Crippen molar-refractivity contribution in [3.05, 3.63) is 21.9 Å². The van der Waals surface area contributed by atoms with Gasteiger partial charge in [0, 0.05) is 6.04 Å². The lowest BCUT2D eigenvalue weighted by Crippen LogP contribution is -2.43. The molecule has 0 unspecified atom stereocenters. The normalized spacial score (nSPS) is 16.7. The monoisotopic (exact) mass is 278 g/mol. The summed E-state index contributed by atoms with van der Waals surface area (Å²) in [5, 5.41) is 11.7. The van der Waals surface area contributed by atoms with Crippen LogP contribution in [0.4, 0.5) is 0 Å². The van der Waals surface area contributed by atoms with Crippen molar-refractivity contribution in [1.82, 2.24) is 10.2 Å². The van der Waals surface area contributed by atoms with E-state index in [-0.39, 0.29) is 18.6 Å². The van der Waals surface area contributed by atoms with E-state index in [2.05, 4.69) is 29.1 Å². The van der Waals surface area contributed by atoms with Crippen molar-refractivity contribution in [2.45, 2.75) is 18.9 Å². The lowest BCUT2D eigenvalue weighted by molar-refractivity contribution is 0.0921. The summed E-state index contributed by atoms with van der Waals surface area (Å²) in [6, 6.07) is 3.88. The van der Waals surface area contributed by atoms with Crippen LogP contribution < -0.4 is 5.32 Å². The molecule has 1 aliphatic rings. The van der Waals surface area contributed by atoms with Crippen molar-refractivity contribution in [2.75, 3.05) is 26.7 Å². The maximum absolute atomic E-state index is 12.1. The molecular weight excluding hydrogens is 260 g/mol. The lowest BCUT2D eigenvalue weighted by Gasteiger charge is -2.29. The molecule has 0 radical (unpaired) electrons. The van der Waals surface area contributed by atoms with E-state index in [0.29, 0.717) is 4.88 Å². The molecule has 2 rings (SSSR count). The molecule has 2 N–H and O–H groups in total. The first-order valence-corrected chi connectivity index (χ1v) is 7.19. The zero-order chi connectivity index (χ0) is 13.7. The summed E-state index contributed by atoms with van der Waals surface area (Å²) < 4.78 is 0. The van der Waals surface area contributed by atoms with Crippen LogP contribution in [0, 0.1) is 11.8 Å². The predicted octanol–water partition coefficient (Wildman–Crippen LogP) is 0.916. The number of hydrogen-bond acceptors (Lipinski definition) is 4. The summed E-state index contributed by atoms with van der Waals surface area (Å²) in [6.07, 6.45) is 2.01. The Morgan fingerprint density at radius 3 is 2.95 bits per heavy atom. The Morgan fingerprint density at radius 2 is 2.26 bits per heavy atom. The summed E-state index contributed by atoms with van der Waals surface area (Å²) in [7, 11) is 2.10. The number of aliphatic hydroxyl groups excluding tert-OH is 1. The molecule has 1 saturated heterocycles. The topological polar surface area (TPSA) is 52.6 Å². The maximum Gasteiger partial charge on any atom is 0.261 e. The number of piperidine rings is 1. The highest BCUT2D eigenvalue weighted by atomic mass is 32.1. The Labute approximate surface area is 117 Å². The van der Waals surface area contributed by atoms with Gasteiger partial charge in [-0.05, 0) is 45.1 Å². The molecule has 2 heterocycles. The second-order valence-corrected chi connectivity index (χ2v) is 5.76. The van der Waals surface area contributed by atoms with Gasteiger partial charge in [0.1, 0.15) is 6.61 Å². The largest absolute Gasteiger partial charge is 0.384 e. The summed E-state index contributed by atoms with van der Waals surface area (Å²) in [6.45, 7) is 1.90. The van der Waals surface area contributed by atoms with E-state index in [1.54, 1.807) is 6.07 Å². The van der Waals surface area contributed by atoms with Crippen molar-refractivity contribution in [3.63, 3.8) is 0 Å². The van der Waals surface area contributed by atoms with Crippen molar-refractivity contribution in [1.29, 1.82) is 0 Å². The SMILES string of the molecule is CN1CCC(NC(=O)c2ccc(C#CCO)s2)CC1. The third-order valence-corrected chi connectivity index (χ3v) is 4.17. The van der Waals surface area contributed by atoms with Gasteiger partial charge in [0.15, 0.2) is 0 Å². The highest BCUT2D eigenvalue weighted by Gasteiger charge is 2.19. The number of carbonyl (C=O) groups excluding carboxylic acids is 1. The Bertz CT molecular complexity index is 493. The van der Waals surface area contributed by atoms with Gasteiger partial charge in [-0.3, -0.25) is 4.79 Å². The highest BCUT2D eigenvalue weighted by Crippen LogP contribution is 2.16. The van der Waals surface area contributed by atoms with Gasteiger partial charge in [-0.15, -0.1) is 11.3 Å². The zero-order valence-corrected chi connectivity index (χ0v) is 11.8. The Balaban J connectivity index is 1.91. The van der Waals surface area contributed by atoms with Crippen LogP contribution in [0.1, 0.15) is 27.4 Å². The van der Waals surface area contributed by atoms with Gasteiger partial charge in [-0.2, -0.15) is 0 Å². The molecule has 0 atom stereocenters. The van der Waals surface area contributed by atoms with Crippen molar-refractivity contribution >= 4 is 17.2 Å². The first-order valence-electron chi connectivity index (χ1n) is 6.38. The minimum Gasteiger partial charge on any atom is -0.384 e. The van der Waals surface area contributed by atoms with Crippen molar-refractivity contribution < 1.29 is 9.90 Å². The zero-order valence-electron chi connectivity index (χ0n) is 11.0. The van der Waals surface area contributed by atoms with Crippen LogP contribution in [0.2, 0.25) is 0 Å². The molecule has 1 aromatic rings. The van der Waals surface area contributed by atoms with E-state index in [1.165, 1.54) is 11.3 Å². The van der Waals surface area contributed by atoms with Crippen LogP contribution in [0.25, 0.3) is 0 Å². The average molecular weight is 278 g/mol. The van der Waals surface area contributed by atoms with E-state index in [4.69, 9.17) is 5.11 Å². The summed E-state index contributed by atoms with van der Waals surface area (Å²) in [5.41, 5.74) is 0. The second kappa shape index (κ2) is 6.71. The molecule has 19 heavy (non-hydrogen) atoms. The molecule has 1 aliphatic heterocycles. The molecule has 0 aliphatic carbocycles. The number of thiophene rings is 1. The van der Waals surface area contributed by atoms with E-state index in [9.17, 15) is 4.79 Å². The summed E-state index contributed by atoms with van der Waals surface area (Å²) in [5.74, 6) is 5.38. The Kier molecular flexibility index (Phi) is 4.97. The van der Waals surface area contributed by atoms with Crippen LogP contribution in [-0.4, -0.2) is 48.7 Å². The van der Waals surface area contributed by atoms with E-state index < -0.39 is 0 Å². The van der Waals surface area contributed by atoms with Gasteiger partial charge in [0.25, 0.3) is 5.91 Å². The first kappa shape index (κ1) is 14.1. The molecule has 1 amide bonds. The number of nitrogens with zero attached hydrogens (tertiary/aromatic N) is 1. The van der Waals surface area contributed by atoms with E-state index in [0.717, 1.165) is 30.8 Å². The summed E-state index contributed by atoms with van der Waals surface area (Å²) in [4.78, 5) is 15.8. The quantitative estimate of drug-likeness (QED) is 0.791. The van der Waals surface area contributed by atoms with Crippen LogP contribution in [0.15, 0.2) is 12.1 Å². The number of aliphatic hydroxyl groups is 1. The molecule has 1 aromatic heterocycles. The second-order valence-electron chi connectivity index (χ2n) is 4.67. The number of carbonyl (C=O) groups is 1. The maximum atomic E-state index is 12.1. The molecule has 0 spiro atoms. The third kappa shape index (κ3) is 4.06. The molecule has 102 valence electrons. The van der Waals surface area contributed by atoms with Gasteiger partial charge in [-0.1, -0.05) is 11.8 Å². The van der Waals surface area contributed by atoms with Gasteiger partial charge in [0.05, 0.1) is 9.75 Å². The smallest absolute Gasteiger partial charge is 0.261 e. The van der Waals surface area contributed by atoms with Gasteiger partial charge < -0.3 is 15.3 Å². The lowest BCUT2D eigenvalue weighted by atomic mass is 10.1. The van der Waals surface area contributed by atoms with Crippen molar-refractivity contribution in [3.8, 4) is 11.8 Å². The van der Waals surface area contributed by atoms with Crippen molar-refractivity contribution in [2.24, 2.45) is 0 Å². The number of rotatable bonds is 2. The fourth-order valence-electron chi connectivity index (χ4n) is 2.06. The van der Waals surface area contributed by atoms with Crippen LogP contribution in [0.5, 0.6) is 0 Å². The third-order valence-electron chi connectivity index (χ3n) is 3.17. The van der Waals surface area contributed by atoms with E-state index >= 15 is 0 Å². The minimum absolute atomic E-state index is 0.0170. The first-order chi connectivity index (χ1) is 9.19. The van der Waals surface area contributed by atoms with E-state index in [1.807, 2.05) is 6.07 Å². The number of hydrogen-bond donors (Lipinski definition) is 2. The van der Waals surface area contributed by atoms with Gasteiger partial charge in [-0.25, -0.2) is 0 Å². The predicted molar refractivity (Wildman–Crippen MR) is 76.3 cm³/mol.